The zero-order chi connectivity index (χ0) is 10.7. The molecule has 0 spiro atoms. The zero-order valence-electron chi connectivity index (χ0n) is 8.11. The minimum atomic E-state index is 0.266. The van der Waals surface area contributed by atoms with Gasteiger partial charge in [0.1, 0.15) is 5.75 Å². The first-order valence-electron chi connectivity index (χ1n) is 4.40. The van der Waals surface area contributed by atoms with E-state index in [-0.39, 0.29) is 6.61 Å². The maximum atomic E-state index is 5.82. The van der Waals surface area contributed by atoms with Gasteiger partial charge in [-0.05, 0) is 30.7 Å². The normalized spacial score (nSPS) is 10.3. The van der Waals surface area contributed by atoms with Gasteiger partial charge in [-0.15, -0.1) is 10.2 Å². The Hall–Kier alpha value is -1.55. The lowest BCUT2D eigenvalue weighted by Gasteiger charge is -2.06. The van der Waals surface area contributed by atoms with Gasteiger partial charge in [-0.25, -0.2) is 0 Å². The largest absolute Gasteiger partial charge is 0.484 e. The van der Waals surface area contributed by atoms with E-state index in [1.54, 1.807) is 6.07 Å². The van der Waals surface area contributed by atoms with Crippen LogP contribution >= 0.6 is 11.6 Å². The minimum absolute atomic E-state index is 0.266. The van der Waals surface area contributed by atoms with Gasteiger partial charge in [-0.3, -0.25) is 0 Å². The van der Waals surface area contributed by atoms with Crippen molar-refractivity contribution in [3.05, 3.63) is 41.1 Å². The fraction of sp³-hybridized carbons (Fsp3) is 0.200. The van der Waals surface area contributed by atoms with Crippen LogP contribution in [0.3, 0.4) is 0 Å². The average molecular weight is 225 g/mol. The number of aryl methyl sites for hydroxylation is 1. The number of hydrogen-bond donors (Lipinski definition) is 0. The lowest BCUT2D eigenvalue weighted by atomic mass is 10.2. The van der Waals surface area contributed by atoms with Crippen molar-refractivity contribution < 1.29 is 9.15 Å². The van der Waals surface area contributed by atoms with E-state index in [2.05, 4.69) is 10.2 Å². The lowest BCUT2D eigenvalue weighted by Crippen LogP contribution is -1.97. The van der Waals surface area contributed by atoms with Crippen LogP contribution in [0.15, 0.2) is 29.0 Å². The van der Waals surface area contributed by atoms with Gasteiger partial charge in [0.05, 0.1) is 0 Å². The van der Waals surface area contributed by atoms with Crippen LogP contribution < -0.4 is 4.74 Å². The molecule has 0 aliphatic carbocycles. The topological polar surface area (TPSA) is 48.2 Å². The first-order chi connectivity index (χ1) is 7.25. The van der Waals surface area contributed by atoms with Crippen molar-refractivity contribution in [1.82, 2.24) is 10.2 Å². The molecule has 2 rings (SSSR count). The van der Waals surface area contributed by atoms with Gasteiger partial charge in [0, 0.05) is 5.02 Å². The molecule has 15 heavy (non-hydrogen) atoms. The number of rotatable bonds is 3. The highest BCUT2D eigenvalue weighted by Crippen LogP contribution is 2.22. The second kappa shape index (κ2) is 4.31. The van der Waals surface area contributed by atoms with E-state index in [4.69, 9.17) is 20.8 Å². The smallest absolute Gasteiger partial charge is 0.253 e. The van der Waals surface area contributed by atoms with Crippen molar-refractivity contribution in [3.63, 3.8) is 0 Å². The Labute approximate surface area is 91.8 Å². The van der Waals surface area contributed by atoms with Gasteiger partial charge in [0.25, 0.3) is 5.89 Å². The van der Waals surface area contributed by atoms with Gasteiger partial charge in [0.2, 0.25) is 6.39 Å². The summed E-state index contributed by atoms with van der Waals surface area (Å²) >= 11 is 5.82. The van der Waals surface area contributed by atoms with Crippen molar-refractivity contribution in [1.29, 1.82) is 0 Å². The fourth-order valence-corrected chi connectivity index (χ4v) is 1.40. The predicted molar refractivity (Wildman–Crippen MR) is 54.8 cm³/mol. The Balaban J connectivity index is 2.05. The first-order valence-corrected chi connectivity index (χ1v) is 4.77. The summed E-state index contributed by atoms with van der Waals surface area (Å²) in [6, 6.07) is 5.43. The van der Waals surface area contributed by atoms with Gasteiger partial charge in [-0.1, -0.05) is 11.6 Å². The highest BCUT2D eigenvalue weighted by Gasteiger charge is 2.03. The zero-order valence-corrected chi connectivity index (χ0v) is 8.86. The van der Waals surface area contributed by atoms with Crippen molar-refractivity contribution in [3.8, 4) is 5.75 Å². The second-order valence-electron chi connectivity index (χ2n) is 3.03. The molecule has 5 heteroatoms. The van der Waals surface area contributed by atoms with Gasteiger partial charge in [-0.2, -0.15) is 0 Å². The standard InChI is InChI=1S/C10H9ClN2O2/c1-7-4-8(11)2-3-9(7)14-5-10-13-12-6-15-10/h2-4,6H,5H2,1H3. The van der Waals surface area contributed by atoms with E-state index in [0.717, 1.165) is 11.3 Å². The van der Waals surface area contributed by atoms with Gasteiger partial charge >= 0.3 is 0 Å². The molecule has 0 fully saturated rings. The van der Waals surface area contributed by atoms with E-state index >= 15 is 0 Å². The maximum absolute atomic E-state index is 5.82. The summed E-state index contributed by atoms with van der Waals surface area (Å²) in [5.74, 6) is 1.21. The molecule has 0 aliphatic heterocycles. The summed E-state index contributed by atoms with van der Waals surface area (Å²) in [4.78, 5) is 0. The summed E-state index contributed by atoms with van der Waals surface area (Å²) < 4.78 is 10.4. The first kappa shape index (κ1) is 9.98. The molecule has 78 valence electrons. The molecule has 0 saturated heterocycles. The van der Waals surface area contributed by atoms with Crippen molar-refractivity contribution in [2.45, 2.75) is 13.5 Å². The summed E-state index contributed by atoms with van der Waals surface area (Å²) in [5, 5.41) is 7.96. The van der Waals surface area contributed by atoms with E-state index in [0.29, 0.717) is 10.9 Å². The number of aromatic nitrogens is 2. The molecular weight excluding hydrogens is 216 g/mol. The maximum Gasteiger partial charge on any atom is 0.253 e. The third-order valence-electron chi connectivity index (χ3n) is 1.89. The van der Waals surface area contributed by atoms with Gasteiger partial charge in [0.15, 0.2) is 6.61 Å². The molecule has 0 amide bonds. The number of ether oxygens (including phenoxy) is 1. The van der Waals surface area contributed by atoms with Crippen LogP contribution in [0.1, 0.15) is 11.5 Å². The molecule has 0 aliphatic rings. The Morgan fingerprint density at radius 3 is 3.00 bits per heavy atom. The van der Waals surface area contributed by atoms with Crippen molar-refractivity contribution >= 4 is 11.6 Å². The molecule has 0 N–H and O–H groups in total. The third kappa shape index (κ3) is 2.47. The highest BCUT2D eigenvalue weighted by molar-refractivity contribution is 6.30. The molecule has 1 heterocycles. The Kier molecular flexibility index (Phi) is 2.87. The van der Waals surface area contributed by atoms with Crippen LogP contribution in [0.25, 0.3) is 0 Å². The van der Waals surface area contributed by atoms with Crippen LogP contribution in [-0.4, -0.2) is 10.2 Å². The van der Waals surface area contributed by atoms with Crippen LogP contribution in [0.4, 0.5) is 0 Å². The van der Waals surface area contributed by atoms with Crippen LogP contribution in [0, 0.1) is 6.92 Å². The summed E-state index contributed by atoms with van der Waals surface area (Å²) in [7, 11) is 0. The van der Waals surface area contributed by atoms with Crippen LogP contribution in [-0.2, 0) is 6.61 Å². The van der Waals surface area contributed by atoms with Crippen LogP contribution in [0.5, 0.6) is 5.75 Å². The molecule has 0 radical (unpaired) electrons. The van der Waals surface area contributed by atoms with E-state index < -0.39 is 0 Å². The summed E-state index contributed by atoms with van der Waals surface area (Å²) in [5.41, 5.74) is 0.974. The molecule has 0 atom stereocenters. The van der Waals surface area contributed by atoms with E-state index in [9.17, 15) is 0 Å². The molecule has 0 unspecified atom stereocenters. The average Bonchev–Trinajstić information content (AvgIpc) is 2.69. The minimum Gasteiger partial charge on any atom is -0.484 e. The Morgan fingerprint density at radius 1 is 1.47 bits per heavy atom. The summed E-state index contributed by atoms with van der Waals surface area (Å²) in [6.07, 6.45) is 1.27. The molecule has 0 bridgehead atoms. The SMILES string of the molecule is Cc1cc(Cl)ccc1OCc1nnco1. The Morgan fingerprint density at radius 2 is 2.33 bits per heavy atom. The molecule has 2 aromatic rings. The molecule has 0 saturated carbocycles. The van der Waals surface area contributed by atoms with Gasteiger partial charge < -0.3 is 9.15 Å². The third-order valence-corrected chi connectivity index (χ3v) is 2.13. The number of nitrogens with zero attached hydrogens (tertiary/aromatic N) is 2. The lowest BCUT2D eigenvalue weighted by molar-refractivity contribution is 0.261. The second-order valence-corrected chi connectivity index (χ2v) is 3.47. The molecule has 1 aromatic carbocycles. The molecule has 4 nitrogen and oxygen atoms in total. The van der Waals surface area contributed by atoms with Crippen molar-refractivity contribution in [2.24, 2.45) is 0 Å². The quantitative estimate of drug-likeness (QED) is 0.804. The number of halogens is 1. The number of benzene rings is 1. The van der Waals surface area contributed by atoms with E-state index in [1.807, 2.05) is 19.1 Å². The summed E-state index contributed by atoms with van der Waals surface area (Å²) in [6.45, 7) is 2.19. The predicted octanol–water partition coefficient (Wildman–Crippen LogP) is 2.61. The Bertz CT molecular complexity index is 443. The number of hydrogen-bond acceptors (Lipinski definition) is 4. The monoisotopic (exact) mass is 224 g/mol. The van der Waals surface area contributed by atoms with E-state index in [1.165, 1.54) is 6.39 Å². The van der Waals surface area contributed by atoms with Crippen LogP contribution in [0.2, 0.25) is 5.02 Å². The van der Waals surface area contributed by atoms with Crippen molar-refractivity contribution in [2.75, 3.05) is 0 Å². The highest BCUT2D eigenvalue weighted by atomic mass is 35.5. The fourth-order valence-electron chi connectivity index (χ4n) is 1.17. The molecular formula is C10H9ClN2O2. The molecule has 1 aromatic heterocycles.